The molecule has 2 aliphatic heterocycles. The molecule has 0 saturated carbocycles. The van der Waals surface area contributed by atoms with Crippen LogP contribution in [0.25, 0.3) is 0 Å². The summed E-state index contributed by atoms with van der Waals surface area (Å²) in [6, 6.07) is 0. The van der Waals surface area contributed by atoms with Crippen LogP contribution < -0.4 is 0 Å². The molecule has 0 bridgehead atoms. The molecule has 0 spiro atoms. The summed E-state index contributed by atoms with van der Waals surface area (Å²) >= 11 is 0. The number of aromatic nitrogens is 3. The van der Waals surface area contributed by atoms with Gasteiger partial charge in [0.1, 0.15) is 17.1 Å². The number of carbonyl (C=O) groups excluding carboxylic acids is 1. The van der Waals surface area contributed by atoms with Crippen molar-refractivity contribution in [2.75, 3.05) is 26.7 Å². The van der Waals surface area contributed by atoms with E-state index in [4.69, 9.17) is 9.51 Å². The molecule has 2 aromatic rings. The Balaban J connectivity index is 1.53. The zero-order chi connectivity index (χ0) is 19.0. The van der Waals surface area contributed by atoms with Crippen LogP contribution in [0.15, 0.2) is 10.7 Å². The number of likely N-dealkylation sites (N-methyl/N-ethyl adjacent to an activating group) is 1. The summed E-state index contributed by atoms with van der Waals surface area (Å²) in [4.78, 5) is 26.8. The molecule has 0 unspecified atom stereocenters. The summed E-state index contributed by atoms with van der Waals surface area (Å²) in [6.45, 7) is 7.17. The van der Waals surface area contributed by atoms with Crippen molar-refractivity contribution in [1.82, 2.24) is 24.9 Å². The van der Waals surface area contributed by atoms with E-state index in [-0.39, 0.29) is 11.8 Å². The molecule has 2 aromatic heterocycles. The first-order chi connectivity index (χ1) is 13.1. The zero-order valence-corrected chi connectivity index (χ0v) is 16.4. The SMILES string of the molecule is CCc1noc(C)c1C(=O)N1CCC[C@@H](c2ncc3c(n2)CCN(C)C3)C1. The zero-order valence-electron chi connectivity index (χ0n) is 16.4. The molecule has 4 rings (SSSR count). The molecule has 7 heteroatoms. The Labute approximate surface area is 159 Å². The third-order valence-electron chi connectivity index (χ3n) is 5.70. The summed E-state index contributed by atoms with van der Waals surface area (Å²) in [5.41, 5.74) is 3.77. The van der Waals surface area contributed by atoms with Crippen LogP contribution in [0, 0.1) is 6.92 Å². The molecule has 2 aliphatic rings. The van der Waals surface area contributed by atoms with Crippen LogP contribution in [0.1, 0.15) is 64.6 Å². The lowest BCUT2D eigenvalue weighted by Gasteiger charge is -2.32. The second-order valence-electron chi connectivity index (χ2n) is 7.69. The van der Waals surface area contributed by atoms with Gasteiger partial charge in [0.2, 0.25) is 0 Å². The summed E-state index contributed by atoms with van der Waals surface area (Å²) < 4.78 is 5.25. The Morgan fingerprint density at radius 2 is 2.22 bits per heavy atom. The van der Waals surface area contributed by atoms with Crippen LogP contribution >= 0.6 is 0 Å². The number of carbonyl (C=O) groups is 1. The predicted molar refractivity (Wildman–Crippen MR) is 101 cm³/mol. The molecule has 0 radical (unpaired) electrons. The van der Waals surface area contributed by atoms with Crippen molar-refractivity contribution in [3.05, 3.63) is 40.3 Å². The molecule has 27 heavy (non-hydrogen) atoms. The molecule has 0 aromatic carbocycles. The van der Waals surface area contributed by atoms with E-state index in [2.05, 4.69) is 22.1 Å². The van der Waals surface area contributed by atoms with Crippen LogP contribution in [-0.2, 0) is 19.4 Å². The lowest BCUT2D eigenvalue weighted by molar-refractivity contribution is 0.0701. The maximum Gasteiger partial charge on any atom is 0.259 e. The molecule has 7 nitrogen and oxygen atoms in total. The van der Waals surface area contributed by atoms with E-state index >= 15 is 0 Å². The van der Waals surface area contributed by atoms with E-state index in [1.54, 1.807) is 0 Å². The number of hydrogen-bond donors (Lipinski definition) is 0. The number of amides is 1. The van der Waals surface area contributed by atoms with Crippen LogP contribution in [0.2, 0.25) is 0 Å². The minimum atomic E-state index is 0.0230. The molecular formula is C20H27N5O2. The Kier molecular flexibility index (Phi) is 4.95. The number of fused-ring (bicyclic) bond motifs is 1. The Morgan fingerprint density at radius 3 is 3.04 bits per heavy atom. The van der Waals surface area contributed by atoms with Gasteiger partial charge in [-0.2, -0.15) is 0 Å². The molecule has 0 N–H and O–H groups in total. The monoisotopic (exact) mass is 369 g/mol. The van der Waals surface area contributed by atoms with E-state index < -0.39 is 0 Å². The minimum Gasteiger partial charge on any atom is -0.361 e. The summed E-state index contributed by atoms with van der Waals surface area (Å²) in [7, 11) is 2.12. The van der Waals surface area contributed by atoms with Gasteiger partial charge >= 0.3 is 0 Å². The van der Waals surface area contributed by atoms with Crippen molar-refractivity contribution in [2.45, 2.75) is 52.0 Å². The van der Waals surface area contributed by atoms with Crippen molar-refractivity contribution in [2.24, 2.45) is 0 Å². The fraction of sp³-hybridized carbons (Fsp3) is 0.600. The van der Waals surface area contributed by atoms with Crippen molar-refractivity contribution in [3.63, 3.8) is 0 Å². The van der Waals surface area contributed by atoms with Gasteiger partial charge in [-0.25, -0.2) is 9.97 Å². The predicted octanol–water partition coefficient (Wildman–Crippen LogP) is 2.34. The van der Waals surface area contributed by atoms with Crippen LogP contribution in [0.4, 0.5) is 0 Å². The van der Waals surface area contributed by atoms with Gasteiger partial charge in [-0.05, 0) is 33.2 Å². The van der Waals surface area contributed by atoms with Gasteiger partial charge in [-0.3, -0.25) is 4.79 Å². The smallest absolute Gasteiger partial charge is 0.259 e. The average Bonchev–Trinajstić information content (AvgIpc) is 3.07. The van der Waals surface area contributed by atoms with Crippen molar-refractivity contribution < 1.29 is 9.32 Å². The summed E-state index contributed by atoms with van der Waals surface area (Å²) in [5.74, 6) is 1.70. The highest BCUT2D eigenvalue weighted by molar-refractivity contribution is 5.96. The average molecular weight is 369 g/mol. The molecule has 144 valence electrons. The summed E-state index contributed by atoms with van der Waals surface area (Å²) in [6.07, 6.45) is 5.62. The molecule has 1 fully saturated rings. The van der Waals surface area contributed by atoms with E-state index in [9.17, 15) is 4.79 Å². The Bertz CT molecular complexity index is 847. The fourth-order valence-corrected chi connectivity index (χ4v) is 4.13. The molecule has 1 saturated heterocycles. The number of aryl methyl sites for hydroxylation is 2. The Hall–Kier alpha value is -2.28. The molecule has 4 heterocycles. The first-order valence-electron chi connectivity index (χ1n) is 9.84. The van der Waals surface area contributed by atoms with E-state index in [1.807, 2.05) is 24.9 Å². The maximum absolute atomic E-state index is 13.1. The van der Waals surface area contributed by atoms with Gasteiger partial charge in [0.15, 0.2) is 0 Å². The molecule has 1 atom stereocenters. The van der Waals surface area contributed by atoms with Gasteiger partial charge in [-0.1, -0.05) is 12.1 Å². The lowest BCUT2D eigenvalue weighted by Crippen LogP contribution is -2.40. The Morgan fingerprint density at radius 1 is 1.37 bits per heavy atom. The van der Waals surface area contributed by atoms with Crippen molar-refractivity contribution >= 4 is 5.91 Å². The van der Waals surface area contributed by atoms with E-state index in [1.165, 1.54) is 11.3 Å². The standard InChI is InChI=1S/C20H27N5O2/c1-4-16-18(13(2)27-23-16)20(26)25-8-5-6-14(12-25)19-21-10-15-11-24(3)9-7-17(15)22-19/h10,14H,4-9,11-12H2,1-3H3/t14-/m1/s1. The maximum atomic E-state index is 13.1. The highest BCUT2D eigenvalue weighted by Crippen LogP contribution is 2.28. The number of rotatable bonds is 3. The molecule has 0 aliphatic carbocycles. The normalized spacial score (nSPS) is 20.6. The molecule has 1 amide bonds. The molecular weight excluding hydrogens is 342 g/mol. The highest BCUT2D eigenvalue weighted by atomic mass is 16.5. The van der Waals surface area contributed by atoms with Gasteiger partial charge in [0, 0.05) is 56.0 Å². The second kappa shape index (κ2) is 7.38. The van der Waals surface area contributed by atoms with Gasteiger partial charge in [0.25, 0.3) is 5.91 Å². The number of likely N-dealkylation sites (tertiary alicyclic amines) is 1. The first kappa shape index (κ1) is 18.1. The number of hydrogen-bond acceptors (Lipinski definition) is 6. The number of nitrogens with zero attached hydrogens (tertiary/aromatic N) is 5. The van der Waals surface area contributed by atoms with Crippen LogP contribution in [-0.4, -0.2) is 57.5 Å². The quantitative estimate of drug-likeness (QED) is 0.827. The van der Waals surface area contributed by atoms with Crippen molar-refractivity contribution in [3.8, 4) is 0 Å². The third kappa shape index (κ3) is 3.48. The summed E-state index contributed by atoms with van der Waals surface area (Å²) in [5, 5.41) is 4.03. The van der Waals surface area contributed by atoms with E-state index in [0.717, 1.165) is 50.4 Å². The lowest BCUT2D eigenvalue weighted by atomic mass is 9.95. The van der Waals surface area contributed by atoms with Gasteiger partial charge in [-0.15, -0.1) is 0 Å². The second-order valence-corrected chi connectivity index (χ2v) is 7.69. The van der Waals surface area contributed by atoms with E-state index in [0.29, 0.717) is 24.3 Å². The highest BCUT2D eigenvalue weighted by Gasteiger charge is 2.31. The van der Waals surface area contributed by atoms with Crippen LogP contribution in [0.3, 0.4) is 0 Å². The van der Waals surface area contributed by atoms with Gasteiger partial charge < -0.3 is 14.3 Å². The first-order valence-corrected chi connectivity index (χ1v) is 9.84. The third-order valence-corrected chi connectivity index (χ3v) is 5.70. The largest absolute Gasteiger partial charge is 0.361 e. The van der Waals surface area contributed by atoms with Crippen LogP contribution in [0.5, 0.6) is 0 Å². The van der Waals surface area contributed by atoms with Crippen molar-refractivity contribution in [1.29, 1.82) is 0 Å². The fourth-order valence-electron chi connectivity index (χ4n) is 4.13. The number of piperidine rings is 1. The topological polar surface area (TPSA) is 75.4 Å². The van der Waals surface area contributed by atoms with Gasteiger partial charge in [0.05, 0.1) is 5.69 Å². The minimum absolute atomic E-state index is 0.0230.